The minimum absolute atomic E-state index is 0.0763. The van der Waals surface area contributed by atoms with Gasteiger partial charge in [0.15, 0.2) is 0 Å². The van der Waals surface area contributed by atoms with Gasteiger partial charge in [-0.2, -0.15) is 0 Å². The van der Waals surface area contributed by atoms with Gasteiger partial charge in [-0.25, -0.2) is 4.98 Å². The minimum Gasteiger partial charge on any atom is -0.383 e. The summed E-state index contributed by atoms with van der Waals surface area (Å²) in [5, 5.41) is 3.50. The van der Waals surface area contributed by atoms with Crippen LogP contribution in [0.3, 0.4) is 0 Å². The first-order valence-corrected chi connectivity index (χ1v) is 10.8. The highest BCUT2D eigenvalue weighted by Gasteiger charge is 2.18. The van der Waals surface area contributed by atoms with Crippen molar-refractivity contribution in [3.8, 4) is 16.9 Å². The highest BCUT2D eigenvalue weighted by atomic mass is 35.5. The average molecular weight is 455 g/mol. The Bertz CT molecular complexity index is 1060. The second kappa shape index (κ2) is 10.9. The zero-order chi connectivity index (χ0) is 23.1. The number of nitrogens with one attached hydrogen (secondary N) is 1. The Balaban J connectivity index is 1.89. The molecule has 0 fully saturated rings. The zero-order valence-electron chi connectivity index (χ0n) is 18.5. The van der Waals surface area contributed by atoms with E-state index in [0.717, 1.165) is 16.8 Å². The highest BCUT2D eigenvalue weighted by molar-refractivity contribution is 6.30. The molecule has 32 heavy (non-hydrogen) atoms. The Morgan fingerprint density at radius 1 is 1.12 bits per heavy atom. The number of halogens is 1. The monoisotopic (exact) mass is 454 g/mol. The van der Waals surface area contributed by atoms with Crippen LogP contribution in [0.5, 0.6) is 0 Å². The molecule has 1 heterocycles. The van der Waals surface area contributed by atoms with Crippen molar-refractivity contribution in [1.82, 2.24) is 14.5 Å². The van der Waals surface area contributed by atoms with Crippen LogP contribution in [-0.4, -0.2) is 53.1 Å². The molecule has 0 aliphatic rings. The number of benzene rings is 2. The third-order valence-corrected chi connectivity index (χ3v) is 5.22. The van der Waals surface area contributed by atoms with Crippen molar-refractivity contribution >= 4 is 29.4 Å². The van der Waals surface area contributed by atoms with Crippen LogP contribution in [0.15, 0.2) is 54.7 Å². The lowest BCUT2D eigenvalue weighted by atomic mass is 10.2. The number of aromatic nitrogens is 2. The van der Waals surface area contributed by atoms with E-state index in [1.54, 1.807) is 26.2 Å². The molecule has 3 rings (SSSR count). The van der Waals surface area contributed by atoms with Crippen molar-refractivity contribution in [3.05, 3.63) is 65.3 Å². The first-order chi connectivity index (χ1) is 15.4. The fourth-order valence-corrected chi connectivity index (χ4v) is 3.31. The topological polar surface area (TPSA) is 76.5 Å². The molecule has 1 aromatic heterocycles. The minimum atomic E-state index is -0.329. The van der Waals surface area contributed by atoms with Crippen molar-refractivity contribution in [3.63, 3.8) is 0 Å². The highest BCUT2D eigenvalue weighted by Crippen LogP contribution is 2.25. The van der Waals surface area contributed by atoms with Gasteiger partial charge in [0.25, 0.3) is 0 Å². The number of anilines is 1. The van der Waals surface area contributed by atoms with E-state index >= 15 is 0 Å². The first-order valence-electron chi connectivity index (χ1n) is 10.4. The Labute approximate surface area is 193 Å². The standard InChI is InChI=1S/C24H27ClN4O3/c1-4-23(31)28(13-14-32-3)16-22(30)27-24-26-21(18-7-9-19(25)10-8-18)15-29(24)20-11-5-17(2)6-12-20/h5-12,15H,4,13-14,16H2,1-3H3,(H,26,27,30). The third kappa shape index (κ3) is 5.96. The Kier molecular flexibility index (Phi) is 8.03. The molecule has 0 unspecified atom stereocenters. The quantitative estimate of drug-likeness (QED) is 0.522. The molecule has 0 bridgehead atoms. The Morgan fingerprint density at radius 3 is 2.44 bits per heavy atom. The molecular formula is C24H27ClN4O3. The maximum absolute atomic E-state index is 12.8. The molecule has 168 valence electrons. The van der Waals surface area contributed by atoms with E-state index in [1.807, 2.05) is 54.1 Å². The Hall–Kier alpha value is -3.16. The summed E-state index contributed by atoms with van der Waals surface area (Å²) in [6.45, 7) is 4.41. The average Bonchev–Trinajstić information content (AvgIpc) is 3.20. The smallest absolute Gasteiger partial charge is 0.246 e. The van der Waals surface area contributed by atoms with E-state index in [2.05, 4.69) is 10.3 Å². The molecule has 1 N–H and O–H groups in total. The molecule has 8 heteroatoms. The maximum Gasteiger partial charge on any atom is 0.246 e. The number of methoxy groups -OCH3 is 1. The molecule has 0 aliphatic heterocycles. The fraction of sp³-hybridized carbons (Fsp3) is 0.292. The van der Waals surface area contributed by atoms with Crippen LogP contribution in [-0.2, 0) is 14.3 Å². The van der Waals surface area contributed by atoms with Crippen LogP contribution in [0.4, 0.5) is 5.95 Å². The molecule has 0 aliphatic carbocycles. The molecule has 7 nitrogen and oxygen atoms in total. The second-order valence-corrected chi connectivity index (χ2v) is 7.81. The maximum atomic E-state index is 12.8. The summed E-state index contributed by atoms with van der Waals surface area (Å²) in [7, 11) is 1.56. The number of carbonyl (C=O) groups excluding carboxylic acids is 2. The summed E-state index contributed by atoms with van der Waals surface area (Å²) in [5.41, 5.74) is 3.56. The zero-order valence-corrected chi connectivity index (χ0v) is 19.2. The third-order valence-electron chi connectivity index (χ3n) is 4.96. The van der Waals surface area contributed by atoms with Crippen molar-refractivity contribution in [2.24, 2.45) is 0 Å². The summed E-state index contributed by atoms with van der Waals surface area (Å²) in [6, 6.07) is 15.3. The van der Waals surface area contributed by atoms with Gasteiger partial charge in [-0.1, -0.05) is 48.4 Å². The number of aryl methyl sites for hydroxylation is 1. The molecule has 0 radical (unpaired) electrons. The van der Waals surface area contributed by atoms with Gasteiger partial charge < -0.3 is 9.64 Å². The lowest BCUT2D eigenvalue weighted by Crippen LogP contribution is -2.39. The van der Waals surface area contributed by atoms with Gasteiger partial charge >= 0.3 is 0 Å². The number of nitrogens with zero attached hydrogens (tertiary/aromatic N) is 3. The predicted molar refractivity (Wildman–Crippen MR) is 126 cm³/mol. The van der Waals surface area contributed by atoms with E-state index in [-0.39, 0.29) is 18.4 Å². The number of rotatable bonds is 9. The Morgan fingerprint density at radius 2 is 1.81 bits per heavy atom. The van der Waals surface area contributed by atoms with Crippen LogP contribution in [0, 0.1) is 6.92 Å². The number of imidazole rings is 1. The van der Waals surface area contributed by atoms with E-state index in [4.69, 9.17) is 16.3 Å². The van der Waals surface area contributed by atoms with Gasteiger partial charge in [0.1, 0.15) is 6.54 Å². The summed E-state index contributed by atoms with van der Waals surface area (Å²) >= 11 is 6.01. The van der Waals surface area contributed by atoms with Crippen LogP contribution < -0.4 is 5.32 Å². The van der Waals surface area contributed by atoms with E-state index < -0.39 is 0 Å². The number of hydrogen-bond donors (Lipinski definition) is 1. The van der Waals surface area contributed by atoms with Gasteiger partial charge in [-0.05, 0) is 31.2 Å². The predicted octanol–water partition coefficient (Wildman–Crippen LogP) is 4.32. The van der Waals surface area contributed by atoms with Gasteiger partial charge in [0.05, 0.1) is 12.3 Å². The van der Waals surface area contributed by atoms with Crippen LogP contribution in [0.25, 0.3) is 16.9 Å². The lowest BCUT2D eigenvalue weighted by molar-refractivity contribution is -0.135. The fourth-order valence-electron chi connectivity index (χ4n) is 3.18. The molecular weight excluding hydrogens is 428 g/mol. The van der Waals surface area contributed by atoms with Crippen molar-refractivity contribution < 1.29 is 14.3 Å². The molecule has 3 aromatic rings. The lowest BCUT2D eigenvalue weighted by Gasteiger charge is -2.21. The molecule has 0 saturated heterocycles. The van der Waals surface area contributed by atoms with E-state index in [0.29, 0.717) is 36.2 Å². The molecule has 0 spiro atoms. The molecule has 0 saturated carbocycles. The molecule has 2 amide bonds. The van der Waals surface area contributed by atoms with E-state index in [9.17, 15) is 9.59 Å². The van der Waals surface area contributed by atoms with Gasteiger partial charge in [0.2, 0.25) is 17.8 Å². The summed E-state index contributed by atoms with van der Waals surface area (Å²) in [6.07, 6.45) is 2.18. The molecule has 2 aromatic carbocycles. The van der Waals surface area contributed by atoms with Crippen LogP contribution in [0.1, 0.15) is 18.9 Å². The number of amides is 2. The van der Waals surface area contributed by atoms with Gasteiger partial charge in [-0.15, -0.1) is 0 Å². The summed E-state index contributed by atoms with van der Waals surface area (Å²) in [5.74, 6) is -0.0649. The molecule has 0 atom stereocenters. The second-order valence-electron chi connectivity index (χ2n) is 7.37. The van der Waals surface area contributed by atoms with E-state index in [1.165, 1.54) is 4.90 Å². The van der Waals surface area contributed by atoms with Crippen molar-refractivity contribution in [1.29, 1.82) is 0 Å². The van der Waals surface area contributed by atoms with Gasteiger partial charge in [0, 0.05) is 42.5 Å². The van der Waals surface area contributed by atoms with Crippen LogP contribution in [0.2, 0.25) is 5.02 Å². The van der Waals surface area contributed by atoms with Crippen LogP contribution >= 0.6 is 11.6 Å². The van der Waals surface area contributed by atoms with Crippen molar-refractivity contribution in [2.45, 2.75) is 20.3 Å². The number of ether oxygens (including phenoxy) is 1. The van der Waals surface area contributed by atoms with Crippen molar-refractivity contribution in [2.75, 3.05) is 32.1 Å². The summed E-state index contributed by atoms with van der Waals surface area (Å²) in [4.78, 5) is 31.1. The van der Waals surface area contributed by atoms with Gasteiger partial charge in [-0.3, -0.25) is 19.5 Å². The number of hydrogen-bond acceptors (Lipinski definition) is 4. The largest absolute Gasteiger partial charge is 0.383 e. The normalized spacial score (nSPS) is 10.8. The SMILES string of the molecule is CCC(=O)N(CCOC)CC(=O)Nc1nc(-c2ccc(Cl)cc2)cn1-c1ccc(C)cc1. The number of carbonyl (C=O) groups is 2. The summed E-state index contributed by atoms with van der Waals surface area (Å²) < 4.78 is 6.88. The first kappa shape index (κ1) is 23.5.